The van der Waals surface area contributed by atoms with Gasteiger partial charge in [-0.2, -0.15) is 0 Å². The Morgan fingerprint density at radius 1 is 1.15 bits per heavy atom. The Balaban J connectivity index is 1.77. The van der Waals surface area contributed by atoms with E-state index in [9.17, 15) is 14.4 Å². The standard InChI is InChI=1S/C18H25N3O5/c1-18(2,3)16(23)26-21-11-7-10-14(21)15(22)19-20-17(24)25-12-13-8-5-4-6-9-13/h4-6,8-9,14H,7,10-12H2,1-3H3,(H,19,22)(H,20,24)/t14-/m0/s1. The van der Waals surface area contributed by atoms with Gasteiger partial charge < -0.3 is 9.57 Å². The number of nitrogens with zero attached hydrogens (tertiary/aromatic N) is 1. The molecule has 0 bridgehead atoms. The first-order valence-corrected chi connectivity index (χ1v) is 8.53. The van der Waals surface area contributed by atoms with E-state index in [1.165, 1.54) is 5.06 Å². The largest absolute Gasteiger partial charge is 0.443 e. The average Bonchev–Trinajstić information content (AvgIpc) is 3.06. The highest BCUT2D eigenvalue weighted by molar-refractivity contribution is 5.84. The molecule has 2 rings (SSSR count). The maximum Gasteiger partial charge on any atom is 0.426 e. The summed E-state index contributed by atoms with van der Waals surface area (Å²) in [6.07, 6.45) is 0.483. The molecule has 1 saturated heterocycles. The predicted molar refractivity (Wildman–Crippen MR) is 93.2 cm³/mol. The SMILES string of the molecule is CC(C)(C)C(=O)ON1CCC[C@H]1C(=O)NNC(=O)OCc1ccccc1. The average molecular weight is 363 g/mol. The number of hydroxylamine groups is 2. The number of hydrazine groups is 1. The van der Waals surface area contributed by atoms with E-state index in [4.69, 9.17) is 9.57 Å². The van der Waals surface area contributed by atoms with Crippen molar-refractivity contribution in [3.63, 3.8) is 0 Å². The Kier molecular flexibility index (Phi) is 6.57. The molecule has 0 aromatic heterocycles. The van der Waals surface area contributed by atoms with Crippen molar-refractivity contribution in [2.24, 2.45) is 5.41 Å². The van der Waals surface area contributed by atoms with Gasteiger partial charge in [0.1, 0.15) is 12.6 Å². The molecule has 0 saturated carbocycles. The van der Waals surface area contributed by atoms with Crippen LogP contribution in [-0.2, 0) is 25.8 Å². The van der Waals surface area contributed by atoms with Crippen LogP contribution in [0, 0.1) is 5.41 Å². The second-order valence-corrected chi connectivity index (χ2v) is 7.10. The van der Waals surface area contributed by atoms with Crippen LogP contribution in [0.15, 0.2) is 30.3 Å². The Bertz CT molecular complexity index is 642. The third-order valence-electron chi connectivity index (χ3n) is 3.82. The van der Waals surface area contributed by atoms with Crippen LogP contribution in [0.2, 0.25) is 0 Å². The summed E-state index contributed by atoms with van der Waals surface area (Å²) >= 11 is 0. The van der Waals surface area contributed by atoms with Crippen molar-refractivity contribution in [1.29, 1.82) is 0 Å². The molecule has 2 amide bonds. The molecule has 1 aromatic carbocycles. The molecule has 1 heterocycles. The minimum atomic E-state index is -0.765. The van der Waals surface area contributed by atoms with Gasteiger partial charge in [0.05, 0.1) is 5.41 Å². The van der Waals surface area contributed by atoms with Crippen LogP contribution in [0.1, 0.15) is 39.2 Å². The zero-order valence-electron chi connectivity index (χ0n) is 15.3. The third-order valence-corrected chi connectivity index (χ3v) is 3.82. The number of amides is 2. The fourth-order valence-electron chi connectivity index (χ4n) is 2.31. The first-order valence-electron chi connectivity index (χ1n) is 8.53. The molecule has 1 aliphatic rings. The highest BCUT2D eigenvalue weighted by atomic mass is 16.7. The van der Waals surface area contributed by atoms with Gasteiger partial charge in [0.2, 0.25) is 0 Å². The lowest BCUT2D eigenvalue weighted by atomic mass is 9.98. The van der Waals surface area contributed by atoms with Crippen LogP contribution >= 0.6 is 0 Å². The van der Waals surface area contributed by atoms with E-state index < -0.39 is 29.4 Å². The number of hydrogen-bond donors (Lipinski definition) is 2. The number of hydrogen-bond acceptors (Lipinski definition) is 6. The Hall–Kier alpha value is -2.61. The van der Waals surface area contributed by atoms with E-state index in [1.807, 2.05) is 30.3 Å². The van der Waals surface area contributed by atoms with Crippen molar-refractivity contribution in [3.05, 3.63) is 35.9 Å². The molecule has 1 atom stereocenters. The molecule has 1 fully saturated rings. The number of nitrogens with one attached hydrogen (secondary N) is 2. The summed E-state index contributed by atoms with van der Waals surface area (Å²) < 4.78 is 5.01. The lowest BCUT2D eigenvalue weighted by Crippen LogP contribution is -2.51. The zero-order chi connectivity index (χ0) is 19.2. The molecular formula is C18H25N3O5. The van der Waals surface area contributed by atoms with Crippen LogP contribution in [0.5, 0.6) is 0 Å². The van der Waals surface area contributed by atoms with Gasteiger partial charge in [-0.05, 0) is 39.2 Å². The maximum atomic E-state index is 12.3. The van der Waals surface area contributed by atoms with E-state index in [1.54, 1.807) is 20.8 Å². The fraction of sp³-hybridized carbons (Fsp3) is 0.500. The Morgan fingerprint density at radius 3 is 2.50 bits per heavy atom. The normalized spacial score (nSPS) is 17.4. The maximum absolute atomic E-state index is 12.3. The fourth-order valence-corrected chi connectivity index (χ4v) is 2.31. The topological polar surface area (TPSA) is 97.0 Å². The van der Waals surface area contributed by atoms with Gasteiger partial charge >= 0.3 is 12.1 Å². The first kappa shape index (κ1) is 19.7. The Labute approximate surface area is 152 Å². The number of ether oxygens (including phenoxy) is 1. The molecule has 8 heteroatoms. The van der Waals surface area contributed by atoms with Crippen LogP contribution in [0.4, 0.5) is 4.79 Å². The summed E-state index contributed by atoms with van der Waals surface area (Å²) in [6, 6.07) is 8.55. The minimum absolute atomic E-state index is 0.0985. The van der Waals surface area contributed by atoms with Crippen molar-refractivity contribution in [2.45, 2.75) is 46.3 Å². The van der Waals surface area contributed by atoms with E-state index >= 15 is 0 Å². The molecule has 1 aliphatic heterocycles. The van der Waals surface area contributed by atoms with Crippen LogP contribution < -0.4 is 10.9 Å². The van der Waals surface area contributed by atoms with Crippen molar-refractivity contribution >= 4 is 18.0 Å². The van der Waals surface area contributed by atoms with Crippen LogP contribution in [0.3, 0.4) is 0 Å². The van der Waals surface area contributed by atoms with Crippen molar-refractivity contribution in [3.8, 4) is 0 Å². The number of rotatable bonds is 4. The summed E-state index contributed by atoms with van der Waals surface area (Å²) in [5.41, 5.74) is 4.69. The van der Waals surface area contributed by atoms with Gasteiger partial charge in [-0.1, -0.05) is 30.3 Å². The van der Waals surface area contributed by atoms with Gasteiger partial charge in [0, 0.05) is 6.54 Å². The predicted octanol–water partition coefficient (Wildman–Crippen LogP) is 1.91. The number of carbonyl (C=O) groups is 3. The van der Waals surface area contributed by atoms with E-state index in [-0.39, 0.29) is 6.61 Å². The monoisotopic (exact) mass is 363 g/mol. The van der Waals surface area contributed by atoms with Gasteiger partial charge in [0.15, 0.2) is 0 Å². The van der Waals surface area contributed by atoms with E-state index in [0.29, 0.717) is 19.4 Å². The lowest BCUT2D eigenvalue weighted by molar-refractivity contribution is -0.204. The van der Waals surface area contributed by atoms with E-state index in [2.05, 4.69) is 10.9 Å². The molecule has 8 nitrogen and oxygen atoms in total. The zero-order valence-corrected chi connectivity index (χ0v) is 15.3. The number of benzene rings is 1. The Morgan fingerprint density at radius 2 is 1.85 bits per heavy atom. The molecule has 0 spiro atoms. The summed E-state index contributed by atoms with van der Waals surface area (Å²) in [4.78, 5) is 41.2. The van der Waals surface area contributed by atoms with Gasteiger partial charge in [-0.3, -0.25) is 10.2 Å². The lowest BCUT2D eigenvalue weighted by Gasteiger charge is -2.26. The van der Waals surface area contributed by atoms with Crippen molar-refractivity contribution < 1.29 is 24.0 Å². The van der Waals surface area contributed by atoms with Crippen LogP contribution in [-0.4, -0.2) is 35.6 Å². The highest BCUT2D eigenvalue weighted by Gasteiger charge is 2.36. The second-order valence-electron chi connectivity index (χ2n) is 7.10. The summed E-state index contributed by atoms with van der Waals surface area (Å²) in [7, 11) is 0. The third kappa shape index (κ3) is 5.73. The van der Waals surface area contributed by atoms with Crippen molar-refractivity contribution in [2.75, 3.05) is 6.54 Å². The smallest absolute Gasteiger partial charge is 0.426 e. The second kappa shape index (κ2) is 8.66. The van der Waals surface area contributed by atoms with Gasteiger partial charge in [-0.25, -0.2) is 15.0 Å². The highest BCUT2D eigenvalue weighted by Crippen LogP contribution is 2.22. The molecule has 142 valence electrons. The first-order chi connectivity index (χ1) is 12.3. The molecule has 0 radical (unpaired) electrons. The molecule has 1 aromatic rings. The van der Waals surface area contributed by atoms with Gasteiger partial charge in [0.25, 0.3) is 5.91 Å². The van der Waals surface area contributed by atoms with Crippen molar-refractivity contribution in [1.82, 2.24) is 15.9 Å². The number of carbonyl (C=O) groups excluding carboxylic acids is 3. The van der Waals surface area contributed by atoms with Gasteiger partial charge in [-0.15, -0.1) is 5.06 Å². The molecule has 0 unspecified atom stereocenters. The summed E-state index contributed by atoms with van der Waals surface area (Å²) in [5, 5.41) is 1.36. The molecule has 2 N–H and O–H groups in total. The molecule has 0 aliphatic carbocycles. The minimum Gasteiger partial charge on any atom is -0.443 e. The van der Waals surface area contributed by atoms with E-state index in [0.717, 1.165) is 5.56 Å². The molecule has 26 heavy (non-hydrogen) atoms. The summed E-state index contributed by atoms with van der Waals surface area (Å²) in [5.74, 6) is -0.867. The molecular weight excluding hydrogens is 338 g/mol. The summed E-state index contributed by atoms with van der Waals surface area (Å²) in [6.45, 7) is 5.79. The van der Waals surface area contributed by atoms with Crippen LogP contribution in [0.25, 0.3) is 0 Å². The quantitative estimate of drug-likeness (QED) is 0.793.